The minimum Gasteiger partial charge on any atom is -0.462 e. The van der Waals surface area contributed by atoms with Crippen molar-refractivity contribution in [1.82, 2.24) is 15.3 Å². The van der Waals surface area contributed by atoms with Gasteiger partial charge < -0.3 is 15.4 Å². The predicted octanol–water partition coefficient (Wildman–Crippen LogP) is 1.29. The Morgan fingerprint density at radius 2 is 2.05 bits per heavy atom. The first-order chi connectivity index (χ1) is 10.1. The van der Waals surface area contributed by atoms with Crippen LogP contribution in [0.2, 0.25) is 0 Å². The Labute approximate surface area is 124 Å². The standard InChI is InChI=1S/C14H22N4O3/c1-4-7-15-12(19)6-8-16-14-17-9-11(10(3)18-14)13(20)21-5-2/h9H,4-8H2,1-3H3,(H,15,19)(H,16,17,18). The molecule has 1 aromatic rings. The summed E-state index contributed by atoms with van der Waals surface area (Å²) in [5.41, 5.74) is 0.893. The van der Waals surface area contributed by atoms with Crippen LogP contribution in [-0.2, 0) is 9.53 Å². The first-order valence-electron chi connectivity index (χ1n) is 7.09. The van der Waals surface area contributed by atoms with Gasteiger partial charge in [0.05, 0.1) is 17.9 Å². The molecule has 0 aliphatic carbocycles. The van der Waals surface area contributed by atoms with Crippen molar-refractivity contribution >= 4 is 17.8 Å². The molecule has 7 heteroatoms. The molecule has 0 saturated heterocycles. The molecule has 0 aromatic carbocycles. The van der Waals surface area contributed by atoms with Gasteiger partial charge in [-0.25, -0.2) is 14.8 Å². The largest absolute Gasteiger partial charge is 0.462 e. The molecule has 1 amide bonds. The smallest absolute Gasteiger partial charge is 0.341 e. The van der Waals surface area contributed by atoms with E-state index in [0.717, 1.165) is 6.42 Å². The zero-order valence-electron chi connectivity index (χ0n) is 12.7. The second-order valence-corrected chi connectivity index (χ2v) is 4.44. The lowest BCUT2D eigenvalue weighted by atomic mass is 10.2. The molecule has 0 bridgehead atoms. The number of carbonyl (C=O) groups excluding carboxylic acids is 2. The molecule has 1 rings (SSSR count). The normalized spacial score (nSPS) is 10.0. The molecule has 2 N–H and O–H groups in total. The number of aryl methyl sites for hydroxylation is 1. The van der Waals surface area contributed by atoms with Crippen LogP contribution < -0.4 is 10.6 Å². The molecule has 0 unspecified atom stereocenters. The van der Waals surface area contributed by atoms with Gasteiger partial charge in [0.2, 0.25) is 11.9 Å². The van der Waals surface area contributed by atoms with Crippen molar-refractivity contribution in [3.05, 3.63) is 17.5 Å². The number of aromatic nitrogens is 2. The second kappa shape index (κ2) is 8.89. The van der Waals surface area contributed by atoms with E-state index < -0.39 is 5.97 Å². The van der Waals surface area contributed by atoms with Gasteiger partial charge in [-0.1, -0.05) is 6.92 Å². The van der Waals surface area contributed by atoms with E-state index in [0.29, 0.717) is 43.3 Å². The van der Waals surface area contributed by atoms with Gasteiger partial charge in [0.1, 0.15) is 0 Å². The Balaban J connectivity index is 2.48. The van der Waals surface area contributed by atoms with E-state index in [9.17, 15) is 9.59 Å². The Kier molecular flexibility index (Phi) is 7.14. The Morgan fingerprint density at radius 1 is 1.29 bits per heavy atom. The quantitative estimate of drug-likeness (QED) is 0.702. The number of ether oxygens (including phenoxy) is 1. The maximum Gasteiger partial charge on any atom is 0.341 e. The summed E-state index contributed by atoms with van der Waals surface area (Å²) >= 11 is 0. The Hall–Kier alpha value is -2.18. The van der Waals surface area contributed by atoms with Crippen molar-refractivity contribution in [3.8, 4) is 0 Å². The van der Waals surface area contributed by atoms with E-state index in [1.54, 1.807) is 13.8 Å². The maximum atomic E-state index is 11.6. The van der Waals surface area contributed by atoms with Crippen LogP contribution in [0, 0.1) is 6.92 Å². The number of carbonyl (C=O) groups is 2. The van der Waals surface area contributed by atoms with Crippen LogP contribution in [0.25, 0.3) is 0 Å². The first-order valence-corrected chi connectivity index (χ1v) is 7.09. The molecule has 0 atom stereocenters. The van der Waals surface area contributed by atoms with Gasteiger partial charge in [-0.15, -0.1) is 0 Å². The van der Waals surface area contributed by atoms with E-state index in [-0.39, 0.29) is 5.91 Å². The third kappa shape index (κ3) is 5.76. The summed E-state index contributed by atoms with van der Waals surface area (Å²) in [7, 11) is 0. The lowest BCUT2D eigenvalue weighted by Gasteiger charge is -2.08. The minimum absolute atomic E-state index is 0.00999. The molecule has 1 aromatic heterocycles. The fraction of sp³-hybridized carbons (Fsp3) is 0.571. The zero-order chi connectivity index (χ0) is 15.7. The van der Waals surface area contributed by atoms with Crippen molar-refractivity contribution < 1.29 is 14.3 Å². The Bertz CT molecular complexity index is 491. The number of rotatable bonds is 8. The third-order valence-electron chi connectivity index (χ3n) is 2.68. The van der Waals surface area contributed by atoms with Crippen molar-refractivity contribution in [1.29, 1.82) is 0 Å². The molecule has 0 fully saturated rings. The molecule has 1 heterocycles. The van der Waals surface area contributed by atoms with E-state index >= 15 is 0 Å². The highest BCUT2D eigenvalue weighted by molar-refractivity contribution is 5.90. The van der Waals surface area contributed by atoms with Gasteiger partial charge in [-0.05, 0) is 20.3 Å². The summed E-state index contributed by atoms with van der Waals surface area (Å²) in [6.45, 7) is 6.89. The highest BCUT2D eigenvalue weighted by atomic mass is 16.5. The Morgan fingerprint density at radius 3 is 2.67 bits per heavy atom. The average molecular weight is 294 g/mol. The highest BCUT2D eigenvalue weighted by Gasteiger charge is 2.12. The van der Waals surface area contributed by atoms with E-state index in [4.69, 9.17) is 4.74 Å². The number of amides is 1. The molecular formula is C14H22N4O3. The van der Waals surface area contributed by atoms with Gasteiger partial charge in [0, 0.05) is 25.7 Å². The molecule has 0 aliphatic heterocycles. The monoisotopic (exact) mass is 294 g/mol. The summed E-state index contributed by atoms with van der Waals surface area (Å²) in [5.74, 6) is -0.0476. The van der Waals surface area contributed by atoms with Crippen LogP contribution in [-0.4, -0.2) is 41.5 Å². The van der Waals surface area contributed by atoms with E-state index in [1.165, 1.54) is 6.20 Å². The SMILES string of the molecule is CCCNC(=O)CCNc1ncc(C(=O)OCC)c(C)n1. The van der Waals surface area contributed by atoms with Crippen LogP contribution in [0.15, 0.2) is 6.20 Å². The molecule has 0 aliphatic rings. The summed E-state index contributed by atoms with van der Waals surface area (Å²) in [4.78, 5) is 31.3. The minimum atomic E-state index is -0.430. The molecule has 7 nitrogen and oxygen atoms in total. The molecule has 0 radical (unpaired) electrons. The van der Waals surface area contributed by atoms with Crippen LogP contribution in [0.5, 0.6) is 0 Å². The van der Waals surface area contributed by atoms with Gasteiger partial charge >= 0.3 is 5.97 Å². The lowest BCUT2D eigenvalue weighted by Crippen LogP contribution is -2.26. The van der Waals surface area contributed by atoms with Crippen LogP contribution in [0.3, 0.4) is 0 Å². The zero-order valence-corrected chi connectivity index (χ0v) is 12.7. The third-order valence-corrected chi connectivity index (χ3v) is 2.68. The summed E-state index contributed by atoms with van der Waals surface area (Å²) < 4.78 is 4.91. The molecular weight excluding hydrogens is 272 g/mol. The van der Waals surface area contributed by atoms with Crippen LogP contribution >= 0.6 is 0 Å². The van der Waals surface area contributed by atoms with Crippen molar-refractivity contribution in [2.45, 2.75) is 33.6 Å². The van der Waals surface area contributed by atoms with Crippen molar-refractivity contribution in [3.63, 3.8) is 0 Å². The fourth-order valence-corrected chi connectivity index (χ4v) is 1.60. The van der Waals surface area contributed by atoms with Crippen molar-refractivity contribution in [2.24, 2.45) is 0 Å². The molecule has 116 valence electrons. The second-order valence-electron chi connectivity index (χ2n) is 4.44. The summed E-state index contributed by atoms with van der Waals surface area (Å²) in [6.07, 6.45) is 2.69. The predicted molar refractivity (Wildman–Crippen MR) is 79.1 cm³/mol. The van der Waals surface area contributed by atoms with Gasteiger partial charge in [-0.2, -0.15) is 0 Å². The van der Waals surface area contributed by atoms with Gasteiger partial charge in [0.25, 0.3) is 0 Å². The van der Waals surface area contributed by atoms with Crippen molar-refractivity contribution in [2.75, 3.05) is 25.0 Å². The number of hydrogen-bond acceptors (Lipinski definition) is 6. The van der Waals surface area contributed by atoms with Crippen LogP contribution in [0.1, 0.15) is 42.7 Å². The van der Waals surface area contributed by atoms with Crippen LogP contribution in [0.4, 0.5) is 5.95 Å². The topological polar surface area (TPSA) is 93.2 Å². The number of nitrogens with zero attached hydrogens (tertiary/aromatic N) is 2. The molecule has 21 heavy (non-hydrogen) atoms. The van der Waals surface area contributed by atoms with Gasteiger partial charge in [-0.3, -0.25) is 4.79 Å². The fourth-order valence-electron chi connectivity index (χ4n) is 1.60. The highest BCUT2D eigenvalue weighted by Crippen LogP contribution is 2.08. The van der Waals surface area contributed by atoms with Gasteiger partial charge in [0.15, 0.2) is 0 Å². The number of anilines is 1. The maximum absolute atomic E-state index is 11.6. The van der Waals surface area contributed by atoms with E-state index in [1.807, 2.05) is 6.92 Å². The summed E-state index contributed by atoms with van der Waals surface area (Å²) in [6, 6.07) is 0. The average Bonchev–Trinajstić information content (AvgIpc) is 2.45. The first kappa shape index (κ1) is 16.9. The number of hydrogen-bond donors (Lipinski definition) is 2. The number of nitrogens with one attached hydrogen (secondary N) is 2. The lowest BCUT2D eigenvalue weighted by molar-refractivity contribution is -0.120. The number of esters is 1. The molecule has 0 spiro atoms. The summed E-state index contributed by atoms with van der Waals surface area (Å²) in [5, 5.41) is 5.74. The molecule has 0 saturated carbocycles. The van der Waals surface area contributed by atoms with E-state index in [2.05, 4.69) is 20.6 Å².